The fourth-order valence-electron chi connectivity index (χ4n) is 1.77. The van der Waals surface area contributed by atoms with E-state index in [2.05, 4.69) is 5.32 Å². The van der Waals surface area contributed by atoms with Crippen LogP contribution in [0.5, 0.6) is 0 Å². The van der Waals surface area contributed by atoms with Crippen LogP contribution in [0, 0.1) is 0 Å². The van der Waals surface area contributed by atoms with Crippen molar-refractivity contribution in [3.05, 3.63) is 29.3 Å². The quantitative estimate of drug-likeness (QED) is 0.808. The summed E-state index contributed by atoms with van der Waals surface area (Å²) in [5, 5.41) is 3.75. The third-order valence-electron chi connectivity index (χ3n) is 2.78. The minimum absolute atomic E-state index is 0.225. The molecule has 1 unspecified atom stereocenters. The van der Waals surface area contributed by atoms with Gasteiger partial charge in [0.05, 0.1) is 13.7 Å². The maximum Gasteiger partial charge on any atom is 0.333 e. The van der Waals surface area contributed by atoms with E-state index in [0.717, 1.165) is 5.69 Å². The van der Waals surface area contributed by atoms with Crippen LogP contribution < -0.4 is 5.32 Å². The third kappa shape index (κ3) is 3.37. The molecule has 0 saturated heterocycles. The van der Waals surface area contributed by atoms with Crippen molar-refractivity contribution in [3.8, 4) is 0 Å². The summed E-state index contributed by atoms with van der Waals surface area (Å²) in [5.41, 5.74) is -0.138. The van der Waals surface area contributed by atoms with Crippen molar-refractivity contribution in [2.24, 2.45) is 0 Å². The van der Waals surface area contributed by atoms with Crippen LogP contribution in [0.4, 0.5) is 5.69 Å². The molecule has 1 aromatic carbocycles. The summed E-state index contributed by atoms with van der Waals surface area (Å²) in [6.07, 6.45) is 0.542. The molecule has 0 aliphatic rings. The molecule has 0 aliphatic carbocycles. The van der Waals surface area contributed by atoms with Gasteiger partial charge in [-0.05, 0) is 24.6 Å². The number of halogens is 1. The van der Waals surface area contributed by atoms with Gasteiger partial charge in [0.15, 0.2) is 5.54 Å². The maximum atomic E-state index is 11.9. The molecule has 0 aliphatic heterocycles. The molecule has 1 N–H and O–H groups in total. The Morgan fingerprint density at radius 2 is 2.17 bits per heavy atom. The summed E-state index contributed by atoms with van der Waals surface area (Å²) < 4.78 is 9.97. The first-order chi connectivity index (χ1) is 8.57. The Kier molecular flexibility index (Phi) is 5.44. The SMILES string of the molecule is CCC(COC)(Nc1cccc(Cl)c1)C(=O)OC. The highest BCUT2D eigenvalue weighted by Gasteiger charge is 2.38. The molecule has 4 nitrogen and oxygen atoms in total. The van der Waals surface area contributed by atoms with E-state index in [1.165, 1.54) is 7.11 Å². The number of rotatable bonds is 6. The topological polar surface area (TPSA) is 47.6 Å². The number of hydrogen-bond acceptors (Lipinski definition) is 4. The number of carbonyl (C=O) groups excluding carboxylic acids is 1. The van der Waals surface area contributed by atoms with Crippen LogP contribution in [0.15, 0.2) is 24.3 Å². The van der Waals surface area contributed by atoms with Crippen molar-refractivity contribution in [3.63, 3.8) is 0 Å². The number of carbonyl (C=O) groups is 1. The summed E-state index contributed by atoms with van der Waals surface area (Å²) >= 11 is 5.92. The highest BCUT2D eigenvalue weighted by atomic mass is 35.5. The first-order valence-corrected chi connectivity index (χ1v) is 6.07. The van der Waals surface area contributed by atoms with Gasteiger partial charge < -0.3 is 14.8 Å². The van der Waals surface area contributed by atoms with Crippen LogP contribution in [0.25, 0.3) is 0 Å². The number of benzene rings is 1. The van der Waals surface area contributed by atoms with E-state index < -0.39 is 5.54 Å². The predicted octanol–water partition coefficient (Wildman–Crippen LogP) is 2.72. The Morgan fingerprint density at radius 1 is 1.44 bits per heavy atom. The van der Waals surface area contributed by atoms with E-state index in [1.807, 2.05) is 19.1 Å². The smallest absolute Gasteiger partial charge is 0.333 e. The van der Waals surface area contributed by atoms with E-state index in [1.54, 1.807) is 19.2 Å². The zero-order valence-electron chi connectivity index (χ0n) is 10.8. The van der Waals surface area contributed by atoms with Crippen molar-refractivity contribution in [2.45, 2.75) is 18.9 Å². The van der Waals surface area contributed by atoms with Crippen LogP contribution in [0.2, 0.25) is 5.02 Å². The molecule has 0 heterocycles. The Bertz CT molecular complexity index is 411. The van der Waals surface area contributed by atoms with Gasteiger partial charge in [0.1, 0.15) is 0 Å². The highest BCUT2D eigenvalue weighted by molar-refractivity contribution is 6.30. The van der Waals surface area contributed by atoms with E-state index in [0.29, 0.717) is 11.4 Å². The molecule has 1 aromatic rings. The summed E-state index contributed by atoms with van der Waals surface area (Å²) in [6, 6.07) is 7.18. The van der Waals surface area contributed by atoms with E-state index in [-0.39, 0.29) is 12.6 Å². The molecule has 18 heavy (non-hydrogen) atoms. The fraction of sp³-hybridized carbons (Fsp3) is 0.462. The van der Waals surface area contributed by atoms with Crippen LogP contribution in [-0.4, -0.2) is 32.3 Å². The molecule has 1 rings (SSSR count). The average molecular weight is 272 g/mol. The number of ether oxygens (including phenoxy) is 2. The second kappa shape index (κ2) is 6.61. The van der Waals surface area contributed by atoms with Crippen molar-refractivity contribution in [1.29, 1.82) is 0 Å². The highest BCUT2D eigenvalue weighted by Crippen LogP contribution is 2.23. The molecule has 0 amide bonds. The van der Waals surface area contributed by atoms with Gasteiger partial charge in [0, 0.05) is 17.8 Å². The zero-order valence-corrected chi connectivity index (χ0v) is 11.6. The molecule has 5 heteroatoms. The number of nitrogens with one attached hydrogen (secondary N) is 1. The van der Waals surface area contributed by atoms with Crippen molar-refractivity contribution in [2.75, 3.05) is 26.1 Å². The second-order valence-electron chi connectivity index (χ2n) is 4.00. The van der Waals surface area contributed by atoms with Gasteiger partial charge in [0.25, 0.3) is 0 Å². The largest absolute Gasteiger partial charge is 0.467 e. The van der Waals surface area contributed by atoms with Crippen LogP contribution in [0.1, 0.15) is 13.3 Å². The standard InChI is InChI=1S/C13H18ClNO3/c1-4-13(9-17-2,12(16)18-3)15-11-7-5-6-10(14)8-11/h5-8,15H,4,9H2,1-3H3. The van der Waals surface area contributed by atoms with Gasteiger partial charge in [0.2, 0.25) is 0 Å². The van der Waals surface area contributed by atoms with Crippen molar-refractivity contribution < 1.29 is 14.3 Å². The molecule has 100 valence electrons. The number of anilines is 1. The summed E-state index contributed by atoms with van der Waals surface area (Å²) in [5.74, 6) is -0.355. The molecule has 0 aromatic heterocycles. The van der Waals surface area contributed by atoms with Gasteiger partial charge in [-0.15, -0.1) is 0 Å². The lowest BCUT2D eigenvalue weighted by molar-refractivity contribution is -0.148. The second-order valence-corrected chi connectivity index (χ2v) is 4.43. The summed E-state index contributed by atoms with van der Waals surface area (Å²) in [4.78, 5) is 11.9. The molecule has 0 saturated carbocycles. The average Bonchev–Trinajstić information content (AvgIpc) is 2.37. The van der Waals surface area contributed by atoms with Gasteiger partial charge in [-0.1, -0.05) is 24.6 Å². The zero-order chi connectivity index (χ0) is 13.6. The fourth-order valence-corrected chi connectivity index (χ4v) is 1.96. The Morgan fingerprint density at radius 3 is 2.67 bits per heavy atom. The Hall–Kier alpha value is -1.26. The minimum Gasteiger partial charge on any atom is -0.467 e. The minimum atomic E-state index is -0.895. The van der Waals surface area contributed by atoms with Gasteiger partial charge in [-0.2, -0.15) is 0 Å². The lowest BCUT2D eigenvalue weighted by Crippen LogP contribution is -2.50. The summed E-state index contributed by atoms with van der Waals surface area (Å²) in [6.45, 7) is 2.12. The number of methoxy groups -OCH3 is 2. The monoisotopic (exact) mass is 271 g/mol. The molecule has 1 atom stereocenters. The molecular formula is C13H18ClNO3. The van der Waals surface area contributed by atoms with E-state index in [4.69, 9.17) is 21.1 Å². The molecule has 0 radical (unpaired) electrons. The number of hydrogen-bond donors (Lipinski definition) is 1. The van der Waals surface area contributed by atoms with E-state index >= 15 is 0 Å². The first kappa shape index (κ1) is 14.8. The predicted molar refractivity (Wildman–Crippen MR) is 72.0 cm³/mol. The van der Waals surface area contributed by atoms with Crippen molar-refractivity contribution >= 4 is 23.3 Å². The molecule has 0 fully saturated rings. The van der Waals surface area contributed by atoms with E-state index in [9.17, 15) is 4.79 Å². The van der Waals surface area contributed by atoms with Gasteiger partial charge in [-0.25, -0.2) is 4.79 Å². The van der Waals surface area contributed by atoms with Crippen LogP contribution in [0.3, 0.4) is 0 Å². The molecule has 0 spiro atoms. The third-order valence-corrected chi connectivity index (χ3v) is 3.01. The van der Waals surface area contributed by atoms with Gasteiger partial charge >= 0.3 is 5.97 Å². The molecular weight excluding hydrogens is 254 g/mol. The Balaban J connectivity index is 3.00. The maximum absolute atomic E-state index is 11.9. The van der Waals surface area contributed by atoms with Crippen LogP contribution in [-0.2, 0) is 14.3 Å². The molecule has 0 bridgehead atoms. The van der Waals surface area contributed by atoms with Gasteiger partial charge in [-0.3, -0.25) is 0 Å². The summed E-state index contributed by atoms with van der Waals surface area (Å²) in [7, 11) is 2.91. The lowest BCUT2D eigenvalue weighted by atomic mass is 9.96. The van der Waals surface area contributed by atoms with Crippen LogP contribution >= 0.6 is 11.6 Å². The Labute approximate surface area is 112 Å². The normalized spacial score (nSPS) is 13.8. The lowest BCUT2D eigenvalue weighted by Gasteiger charge is -2.31. The van der Waals surface area contributed by atoms with Crippen molar-refractivity contribution in [1.82, 2.24) is 0 Å². The first-order valence-electron chi connectivity index (χ1n) is 5.69. The number of esters is 1.